The van der Waals surface area contributed by atoms with Crippen LogP contribution in [-0.2, 0) is 25.7 Å². The number of rotatable bonds is 7. The van der Waals surface area contributed by atoms with E-state index in [1.54, 1.807) is 0 Å². The lowest BCUT2D eigenvalue weighted by Crippen LogP contribution is -2.40. The summed E-state index contributed by atoms with van der Waals surface area (Å²) in [6.07, 6.45) is 2.57. The zero-order valence-corrected chi connectivity index (χ0v) is 15.4. The van der Waals surface area contributed by atoms with Crippen molar-refractivity contribution in [2.45, 2.75) is 32.7 Å². The Morgan fingerprint density at radius 2 is 2.00 bits per heavy atom. The number of likely N-dealkylation sites (tertiary alicyclic amines) is 1. The summed E-state index contributed by atoms with van der Waals surface area (Å²) in [5, 5.41) is 0. The summed E-state index contributed by atoms with van der Waals surface area (Å²) in [6, 6.07) is 7.79. The Bertz CT molecular complexity index is 699. The number of ether oxygens (including phenoxy) is 1. The lowest BCUT2D eigenvalue weighted by Gasteiger charge is -2.25. The number of nitrogens with zero attached hydrogens (tertiary/aromatic N) is 2. The third-order valence-corrected chi connectivity index (χ3v) is 5.22. The summed E-state index contributed by atoms with van der Waals surface area (Å²) in [4.78, 5) is 40.4. The van der Waals surface area contributed by atoms with E-state index in [-0.39, 0.29) is 30.7 Å². The van der Waals surface area contributed by atoms with Crippen molar-refractivity contribution in [3.63, 3.8) is 0 Å². The Kier molecular flexibility index (Phi) is 5.59. The predicted molar refractivity (Wildman–Crippen MR) is 96.0 cm³/mol. The van der Waals surface area contributed by atoms with Crippen LogP contribution < -0.4 is 0 Å². The lowest BCUT2D eigenvalue weighted by molar-refractivity contribution is -0.148. The summed E-state index contributed by atoms with van der Waals surface area (Å²) in [7, 11) is 1.31. The summed E-state index contributed by atoms with van der Waals surface area (Å²) in [5.41, 5.74) is 2.05. The van der Waals surface area contributed by atoms with Gasteiger partial charge in [-0.3, -0.25) is 14.4 Å². The Hall–Kier alpha value is -2.37. The van der Waals surface area contributed by atoms with Crippen molar-refractivity contribution in [2.24, 2.45) is 11.8 Å². The average molecular weight is 358 g/mol. The number of hydrogen-bond donors (Lipinski definition) is 0. The smallest absolute Gasteiger partial charge is 0.325 e. The van der Waals surface area contributed by atoms with Gasteiger partial charge in [-0.2, -0.15) is 0 Å². The van der Waals surface area contributed by atoms with Crippen LogP contribution in [-0.4, -0.2) is 54.3 Å². The minimum absolute atomic E-state index is 0.0455. The number of carbonyl (C=O) groups excluding carboxylic acids is 3. The Morgan fingerprint density at radius 1 is 1.27 bits per heavy atom. The molecular weight excluding hydrogens is 332 g/mol. The van der Waals surface area contributed by atoms with Gasteiger partial charge < -0.3 is 14.5 Å². The monoisotopic (exact) mass is 358 g/mol. The third-order valence-electron chi connectivity index (χ3n) is 5.22. The average Bonchev–Trinajstić information content (AvgIpc) is 3.37. The first-order valence-corrected chi connectivity index (χ1v) is 9.15. The molecule has 1 saturated heterocycles. The van der Waals surface area contributed by atoms with Crippen LogP contribution in [0, 0.1) is 18.8 Å². The van der Waals surface area contributed by atoms with Crippen molar-refractivity contribution in [1.29, 1.82) is 0 Å². The van der Waals surface area contributed by atoms with Gasteiger partial charge in [-0.1, -0.05) is 24.3 Å². The Labute approximate surface area is 154 Å². The standard InChI is InChI=1S/C20H26N2O4/c1-14-5-3-4-6-16(14)11-22(13-19(24)26-2)20(25)17-9-18(23)21(12-17)10-15-7-8-15/h3-6,15,17H,7-13H2,1-2H3. The molecule has 3 rings (SSSR count). The van der Waals surface area contributed by atoms with Crippen LogP contribution in [0.4, 0.5) is 0 Å². The quantitative estimate of drug-likeness (QED) is 0.697. The van der Waals surface area contributed by atoms with E-state index in [2.05, 4.69) is 0 Å². The number of aryl methyl sites for hydroxylation is 1. The number of methoxy groups -OCH3 is 1. The van der Waals surface area contributed by atoms with Crippen molar-refractivity contribution in [1.82, 2.24) is 9.80 Å². The maximum Gasteiger partial charge on any atom is 0.325 e. The van der Waals surface area contributed by atoms with Crippen LogP contribution in [0.15, 0.2) is 24.3 Å². The molecule has 2 fully saturated rings. The molecule has 1 saturated carbocycles. The first-order valence-electron chi connectivity index (χ1n) is 9.15. The zero-order valence-electron chi connectivity index (χ0n) is 15.4. The highest BCUT2D eigenvalue weighted by Crippen LogP contribution is 2.32. The predicted octanol–water partition coefficient (Wildman–Crippen LogP) is 1.76. The molecule has 1 unspecified atom stereocenters. The van der Waals surface area contributed by atoms with Crippen LogP contribution in [0.25, 0.3) is 0 Å². The van der Waals surface area contributed by atoms with E-state index in [9.17, 15) is 14.4 Å². The van der Waals surface area contributed by atoms with Gasteiger partial charge in [0.1, 0.15) is 6.54 Å². The van der Waals surface area contributed by atoms with Crippen molar-refractivity contribution in [3.8, 4) is 0 Å². The van der Waals surface area contributed by atoms with Gasteiger partial charge in [0.05, 0.1) is 13.0 Å². The second-order valence-electron chi connectivity index (χ2n) is 7.34. The fourth-order valence-electron chi connectivity index (χ4n) is 3.41. The van der Waals surface area contributed by atoms with Crippen molar-refractivity contribution in [3.05, 3.63) is 35.4 Å². The van der Waals surface area contributed by atoms with Gasteiger partial charge in [0.25, 0.3) is 0 Å². The molecule has 0 aromatic heterocycles. The van der Waals surface area contributed by atoms with Gasteiger partial charge in [0.2, 0.25) is 11.8 Å². The summed E-state index contributed by atoms with van der Waals surface area (Å²) < 4.78 is 4.75. The summed E-state index contributed by atoms with van der Waals surface area (Å²) >= 11 is 0. The molecule has 6 nitrogen and oxygen atoms in total. The van der Waals surface area contributed by atoms with Crippen LogP contribution in [0.1, 0.15) is 30.4 Å². The molecule has 1 aromatic carbocycles. The molecule has 6 heteroatoms. The second kappa shape index (κ2) is 7.89. The summed E-state index contributed by atoms with van der Waals surface area (Å²) in [6.45, 7) is 3.44. The highest BCUT2D eigenvalue weighted by molar-refractivity contribution is 5.90. The SMILES string of the molecule is COC(=O)CN(Cc1ccccc1C)C(=O)C1CC(=O)N(CC2CC2)C1. The van der Waals surface area contributed by atoms with E-state index >= 15 is 0 Å². The number of benzene rings is 1. The van der Waals surface area contributed by atoms with Gasteiger partial charge in [-0.05, 0) is 36.8 Å². The van der Waals surface area contributed by atoms with E-state index in [1.807, 2.05) is 36.1 Å². The number of hydrogen-bond acceptors (Lipinski definition) is 4. The van der Waals surface area contributed by atoms with Gasteiger partial charge in [0, 0.05) is 26.1 Å². The van der Waals surface area contributed by atoms with Crippen molar-refractivity contribution < 1.29 is 19.1 Å². The zero-order chi connectivity index (χ0) is 18.7. The molecule has 0 radical (unpaired) electrons. The van der Waals surface area contributed by atoms with E-state index in [0.29, 0.717) is 19.0 Å². The van der Waals surface area contributed by atoms with Gasteiger partial charge in [-0.25, -0.2) is 0 Å². The molecule has 0 spiro atoms. The highest BCUT2D eigenvalue weighted by atomic mass is 16.5. The minimum atomic E-state index is -0.453. The fraction of sp³-hybridized carbons (Fsp3) is 0.550. The maximum atomic E-state index is 13.0. The van der Waals surface area contributed by atoms with Crippen LogP contribution in [0.2, 0.25) is 0 Å². The van der Waals surface area contributed by atoms with Gasteiger partial charge in [0.15, 0.2) is 0 Å². The Balaban J connectivity index is 1.70. The van der Waals surface area contributed by atoms with Crippen molar-refractivity contribution >= 4 is 17.8 Å². The molecule has 1 atom stereocenters. The van der Waals surface area contributed by atoms with Crippen molar-refractivity contribution in [2.75, 3.05) is 26.7 Å². The number of carbonyl (C=O) groups is 3. The topological polar surface area (TPSA) is 66.9 Å². The lowest BCUT2D eigenvalue weighted by atomic mass is 10.0. The number of amides is 2. The highest BCUT2D eigenvalue weighted by Gasteiger charge is 2.39. The van der Waals surface area contributed by atoms with E-state index in [1.165, 1.54) is 24.9 Å². The first-order chi connectivity index (χ1) is 12.5. The summed E-state index contributed by atoms with van der Waals surface area (Å²) in [5.74, 6) is -0.332. The van der Waals surface area contributed by atoms with Gasteiger partial charge >= 0.3 is 5.97 Å². The third kappa shape index (κ3) is 4.42. The fourth-order valence-corrected chi connectivity index (χ4v) is 3.41. The van der Waals surface area contributed by atoms with E-state index in [0.717, 1.165) is 17.7 Å². The molecule has 2 aliphatic rings. The minimum Gasteiger partial charge on any atom is -0.468 e. The Morgan fingerprint density at radius 3 is 2.65 bits per heavy atom. The van der Waals surface area contributed by atoms with Crippen LogP contribution in [0.5, 0.6) is 0 Å². The molecule has 1 aromatic rings. The molecule has 1 aliphatic carbocycles. The first kappa shape index (κ1) is 18.4. The van der Waals surface area contributed by atoms with Crippen LogP contribution in [0.3, 0.4) is 0 Å². The maximum absolute atomic E-state index is 13.0. The molecule has 0 N–H and O–H groups in total. The van der Waals surface area contributed by atoms with Gasteiger partial charge in [-0.15, -0.1) is 0 Å². The second-order valence-corrected chi connectivity index (χ2v) is 7.34. The molecule has 140 valence electrons. The largest absolute Gasteiger partial charge is 0.468 e. The van der Waals surface area contributed by atoms with E-state index in [4.69, 9.17) is 4.74 Å². The molecule has 1 aliphatic heterocycles. The molecule has 0 bridgehead atoms. The van der Waals surface area contributed by atoms with E-state index < -0.39 is 5.97 Å². The number of esters is 1. The molecule has 26 heavy (non-hydrogen) atoms. The molecule has 2 amide bonds. The molecule has 1 heterocycles. The normalized spacial score (nSPS) is 19.5. The molecular formula is C20H26N2O4. The van der Waals surface area contributed by atoms with Crippen LogP contribution >= 0.6 is 0 Å².